The molecule has 1 aromatic carbocycles. The zero-order chi connectivity index (χ0) is 16.6. The van der Waals surface area contributed by atoms with Gasteiger partial charge in [-0.2, -0.15) is 0 Å². The van der Waals surface area contributed by atoms with Crippen molar-refractivity contribution in [3.63, 3.8) is 0 Å². The Bertz CT molecular complexity index is 738. The Balaban J connectivity index is 1.84. The lowest BCUT2D eigenvalue weighted by Crippen LogP contribution is -2.24. The number of hydrogen-bond acceptors (Lipinski definition) is 3. The molecule has 122 valence electrons. The predicted molar refractivity (Wildman–Crippen MR) is 76.3 cm³/mol. The molecule has 1 N–H and O–H groups in total. The molecule has 0 radical (unpaired) electrons. The molecule has 1 aliphatic rings. The van der Waals surface area contributed by atoms with E-state index in [9.17, 15) is 18.0 Å². The van der Waals surface area contributed by atoms with Gasteiger partial charge in [0.1, 0.15) is 11.5 Å². The van der Waals surface area contributed by atoms with Gasteiger partial charge >= 0.3 is 6.36 Å². The van der Waals surface area contributed by atoms with E-state index in [1.807, 2.05) is 0 Å². The SMILES string of the molecule is O=C(NC1CC1)c1ccc(-c2cc(OC(F)(F)F)ccc2Cl)o1. The van der Waals surface area contributed by atoms with Crippen molar-refractivity contribution < 1.29 is 27.1 Å². The van der Waals surface area contributed by atoms with Crippen LogP contribution in [0.2, 0.25) is 5.02 Å². The summed E-state index contributed by atoms with van der Waals surface area (Å²) in [5, 5.41) is 2.94. The van der Waals surface area contributed by atoms with Gasteiger partial charge < -0.3 is 14.5 Å². The third kappa shape index (κ3) is 3.98. The first-order valence-electron chi connectivity index (χ1n) is 6.78. The van der Waals surface area contributed by atoms with Gasteiger partial charge in [-0.15, -0.1) is 13.2 Å². The molecule has 0 spiro atoms. The highest BCUT2D eigenvalue weighted by Gasteiger charge is 2.31. The quantitative estimate of drug-likeness (QED) is 0.894. The number of halogens is 4. The fraction of sp³-hybridized carbons (Fsp3) is 0.267. The number of furan rings is 1. The van der Waals surface area contributed by atoms with Crippen LogP contribution in [0.25, 0.3) is 11.3 Å². The molecule has 4 nitrogen and oxygen atoms in total. The average molecular weight is 346 g/mol. The predicted octanol–water partition coefficient (Wildman–Crippen LogP) is 4.39. The van der Waals surface area contributed by atoms with Gasteiger partial charge in [-0.25, -0.2) is 0 Å². The lowest BCUT2D eigenvalue weighted by atomic mass is 10.1. The maximum Gasteiger partial charge on any atom is 0.573 e. The zero-order valence-electron chi connectivity index (χ0n) is 11.6. The molecule has 1 heterocycles. The van der Waals surface area contributed by atoms with E-state index in [1.54, 1.807) is 0 Å². The molecule has 1 saturated carbocycles. The van der Waals surface area contributed by atoms with E-state index in [0.29, 0.717) is 0 Å². The van der Waals surface area contributed by atoms with Crippen molar-refractivity contribution in [2.75, 3.05) is 0 Å². The Morgan fingerprint density at radius 1 is 1.26 bits per heavy atom. The van der Waals surface area contributed by atoms with Gasteiger partial charge in [0.15, 0.2) is 5.76 Å². The number of rotatable bonds is 4. The van der Waals surface area contributed by atoms with Gasteiger partial charge in [0.2, 0.25) is 0 Å². The summed E-state index contributed by atoms with van der Waals surface area (Å²) in [6.07, 6.45) is -2.94. The van der Waals surface area contributed by atoms with Crippen molar-refractivity contribution in [1.29, 1.82) is 0 Å². The summed E-state index contributed by atoms with van der Waals surface area (Å²) >= 11 is 5.99. The largest absolute Gasteiger partial charge is 0.573 e. The standard InChI is InChI=1S/C15H11ClF3NO3/c16-11-4-3-9(23-15(17,18)19)7-10(11)12-5-6-13(22-12)14(21)20-8-1-2-8/h3-8H,1-2H2,(H,20,21). The second kappa shape index (κ2) is 5.81. The molecule has 0 bridgehead atoms. The average Bonchev–Trinajstić information content (AvgIpc) is 3.13. The van der Waals surface area contributed by atoms with Crippen LogP contribution in [-0.4, -0.2) is 18.3 Å². The third-order valence-corrected chi connectivity index (χ3v) is 3.51. The molecule has 0 saturated heterocycles. The zero-order valence-corrected chi connectivity index (χ0v) is 12.4. The molecular formula is C15H11ClF3NO3. The van der Waals surface area contributed by atoms with Crippen molar-refractivity contribution in [2.24, 2.45) is 0 Å². The Labute approximate surface area is 134 Å². The first-order valence-corrected chi connectivity index (χ1v) is 7.16. The highest BCUT2D eigenvalue weighted by atomic mass is 35.5. The fourth-order valence-electron chi connectivity index (χ4n) is 1.98. The number of hydrogen-bond donors (Lipinski definition) is 1. The summed E-state index contributed by atoms with van der Waals surface area (Å²) in [6, 6.07) is 6.56. The normalized spacial score (nSPS) is 14.6. The van der Waals surface area contributed by atoms with Crippen LogP contribution in [0.5, 0.6) is 5.75 Å². The highest BCUT2D eigenvalue weighted by molar-refractivity contribution is 6.33. The summed E-state index contributed by atoms with van der Waals surface area (Å²) in [5.41, 5.74) is 0.207. The molecule has 1 amide bonds. The Morgan fingerprint density at radius 2 is 2.00 bits per heavy atom. The molecule has 0 unspecified atom stereocenters. The molecule has 23 heavy (non-hydrogen) atoms. The minimum atomic E-state index is -4.80. The monoisotopic (exact) mass is 345 g/mol. The molecule has 3 rings (SSSR count). The van der Waals surface area contributed by atoms with Crippen molar-refractivity contribution >= 4 is 17.5 Å². The molecule has 2 aromatic rings. The van der Waals surface area contributed by atoms with Crippen LogP contribution in [0.1, 0.15) is 23.4 Å². The van der Waals surface area contributed by atoms with E-state index in [2.05, 4.69) is 10.1 Å². The molecule has 8 heteroatoms. The van der Waals surface area contributed by atoms with Crippen LogP contribution in [0.3, 0.4) is 0 Å². The van der Waals surface area contributed by atoms with Crippen molar-refractivity contribution in [2.45, 2.75) is 25.2 Å². The van der Waals surface area contributed by atoms with E-state index in [4.69, 9.17) is 16.0 Å². The van der Waals surface area contributed by atoms with Crippen LogP contribution < -0.4 is 10.1 Å². The van der Waals surface area contributed by atoms with Crippen LogP contribution in [0.4, 0.5) is 13.2 Å². The van der Waals surface area contributed by atoms with Crippen LogP contribution in [-0.2, 0) is 0 Å². The van der Waals surface area contributed by atoms with E-state index in [0.717, 1.165) is 25.0 Å². The maximum atomic E-state index is 12.3. The van der Waals surface area contributed by atoms with E-state index in [1.165, 1.54) is 18.2 Å². The van der Waals surface area contributed by atoms with E-state index < -0.39 is 12.1 Å². The molecule has 1 aromatic heterocycles. The van der Waals surface area contributed by atoms with Gasteiger partial charge in [0, 0.05) is 11.6 Å². The summed E-state index contributed by atoms with van der Waals surface area (Å²) in [7, 11) is 0. The first-order chi connectivity index (χ1) is 10.8. The molecule has 1 fully saturated rings. The van der Waals surface area contributed by atoms with Gasteiger partial charge in [0.05, 0.1) is 5.02 Å². The van der Waals surface area contributed by atoms with Crippen LogP contribution >= 0.6 is 11.6 Å². The third-order valence-electron chi connectivity index (χ3n) is 3.18. The Hall–Kier alpha value is -2.15. The summed E-state index contributed by atoms with van der Waals surface area (Å²) in [4.78, 5) is 11.9. The van der Waals surface area contributed by atoms with Gasteiger partial charge in [-0.3, -0.25) is 4.79 Å². The van der Waals surface area contributed by atoms with Gasteiger partial charge in [-0.05, 0) is 43.2 Å². The first kappa shape index (κ1) is 15.7. The van der Waals surface area contributed by atoms with E-state index in [-0.39, 0.29) is 34.1 Å². The van der Waals surface area contributed by atoms with Crippen LogP contribution in [0.15, 0.2) is 34.7 Å². The minimum absolute atomic E-state index is 0.0742. The Morgan fingerprint density at radius 3 is 2.65 bits per heavy atom. The fourth-order valence-corrected chi connectivity index (χ4v) is 2.19. The Kier molecular flexibility index (Phi) is 3.97. The number of amides is 1. The summed E-state index contributed by atoms with van der Waals surface area (Å²) < 4.78 is 46.1. The molecule has 0 aliphatic heterocycles. The number of carbonyl (C=O) groups excluding carboxylic acids is 1. The second-order valence-corrected chi connectivity index (χ2v) is 5.51. The van der Waals surface area contributed by atoms with Crippen molar-refractivity contribution in [1.82, 2.24) is 5.32 Å². The second-order valence-electron chi connectivity index (χ2n) is 5.10. The van der Waals surface area contributed by atoms with Crippen LogP contribution in [0, 0.1) is 0 Å². The minimum Gasteiger partial charge on any atom is -0.451 e. The van der Waals surface area contributed by atoms with Gasteiger partial charge in [-0.1, -0.05) is 11.6 Å². The molecular weight excluding hydrogens is 335 g/mol. The topological polar surface area (TPSA) is 51.5 Å². The number of nitrogens with one attached hydrogen (secondary N) is 1. The number of benzene rings is 1. The van der Waals surface area contributed by atoms with E-state index >= 15 is 0 Å². The summed E-state index contributed by atoms with van der Waals surface area (Å²) in [5.74, 6) is -0.525. The molecule has 0 atom stereocenters. The number of alkyl halides is 3. The lowest BCUT2D eigenvalue weighted by molar-refractivity contribution is -0.274. The maximum absolute atomic E-state index is 12.3. The van der Waals surface area contributed by atoms with Crippen molar-refractivity contribution in [3.05, 3.63) is 41.1 Å². The van der Waals surface area contributed by atoms with Crippen molar-refractivity contribution in [3.8, 4) is 17.1 Å². The smallest absolute Gasteiger partial charge is 0.451 e. The summed E-state index contributed by atoms with van der Waals surface area (Å²) in [6.45, 7) is 0. The van der Waals surface area contributed by atoms with Gasteiger partial charge in [0.25, 0.3) is 5.91 Å². The highest BCUT2D eigenvalue weighted by Crippen LogP contribution is 2.34. The molecule has 1 aliphatic carbocycles. The number of ether oxygens (including phenoxy) is 1. The lowest BCUT2D eigenvalue weighted by Gasteiger charge is -2.10. The number of carbonyl (C=O) groups is 1.